The summed E-state index contributed by atoms with van der Waals surface area (Å²) in [4.78, 5) is 29.0. The van der Waals surface area contributed by atoms with Crippen LogP contribution in [0, 0.1) is 0 Å². The van der Waals surface area contributed by atoms with Crippen molar-refractivity contribution < 1.29 is 19.1 Å². The summed E-state index contributed by atoms with van der Waals surface area (Å²) in [5, 5.41) is 2.90. The van der Waals surface area contributed by atoms with Crippen LogP contribution in [-0.2, 0) is 4.79 Å². The molecule has 1 aliphatic rings. The number of amides is 2. The number of hydrogen-bond acceptors (Lipinski definition) is 5. The number of carbonyl (C=O) groups excluding carboxylic acids is 2. The largest absolute Gasteiger partial charge is 0.496 e. The molecule has 1 N–H and O–H groups in total. The first-order valence-electron chi connectivity index (χ1n) is 10.2. The van der Waals surface area contributed by atoms with Crippen LogP contribution in [0.4, 0.5) is 11.4 Å². The summed E-state index contributed by atoms with van der Waals surface area (Å²) in [7, 11) is 3.05. The van der Waals surface area contributed by atoms with E-state index in [2.05, 4.69) is 10.2 Å². The van der Waals surface area contributed by atoms with E-state index in [0.29, 0.717) is 29.2 Å². The molecule has 0 bridgehead atoms. The van der Waals surface area contributed by atoms with Crippen molar-refractivity contribution >= 4 is 23.2 Å². The Morgan fingerprint density at radius 2 is 1.53 bits per heavy atom. The first-order valence-corrected chi connectivity index (χ1v) is 10.2. The molecule has 2 aromatic rings. The van der Waals surface area contributed by atoms with Crippen LogP contribution in [0.25, 0.3) is 0 Å². The quantitative estimate of drug-likeness (QED) is 0.756. The van der Waals surface area contributed by atoms with Crippen molar-refractivity contribution in [2.45, 2.75) is 19.8 Å². The molecule has 3 rings (SSSR count). The lowest BCUT2D eigenvalue weighted by atomic mass is 10.1. The van der Waals surface area contributed by atoms with Crippen LogP contribution in [0.1, 0.15) is 30.1 Å². The Balaban J connectivity index is 1.63. The van der Waals surface area contributed by atoms with Gasteiger partial charge in [0, 0.05) is 44.0 Å². The third-order valence-corrected chi connectivity index (χ3v) is 5.24. The van der Waals surface area contributed by atoms with Gasteiger partial charge in [0.15, 0.2) is 0 Å². The second-order valence-corrected chi connectivity index (χ2v) is 7.16. The van der Waals surface area contributed by atoms with Crippen LogP contribution < -0.4 is 19.7 Å². The highest BCUT2D eigenvalue weighted by Gasteiger charge is 2.21. The number of nitrogens with one attached hydrogen (secondary N) is 1. The number of rotatable bonds is 7. The standard InChI is InChI=1S/C23H29N3O4/c1-4-6-21(27)26-15-13-25(14-16-26)18-11-9-17(10-12-18)24-23(28)22-19(29-2)7-5-8-20(22)30-3/h5,7-12H,4,6,13-16H2,1-3H3,(H,24,28). The van der Waals surface area contributed by atoms with Gasteiger partial charge in [-0.1, -0.05) is 13.0 Å². The summed E-state index contributed by atoms with van der Waals surface area (Å²) >= 11 is 0. The van der Waals surface area contributed by atoms with Gasteiger partial charge in [-0.05, 0) is 42.8 Å². The molecule has 2 aromatic carbocycles. The Morgan fingerprint density at radius 1 is 0.933 bits per heavy atom. The second-order valence-electron chi connectivity index (χ2n) is 7.16. The van der Waals surface area contributed by atoms with E-state index in [-0.39, 0.29) is 11.8 Å². The number of methoxy groups -OCH3 is 2. The summed E-state index contributed by atoms with van der Waals surface area (Å²) in [5.74, 6) is 0.861. The van der Waals surface area contributed by atoms with Gasteiger partial charge in [0.1, 0.15) is 17.1 Å². The molecule has 0 atom stereocenters. The monoisotopic (exact) mass is 411 g/mol. The summed E-state index contributed by atoms with van der Waals surface area (Å²) in [6.45, 7) is 5.12. The number of anilines is 2. The van der Waals surface area contributed by atoms with Crippen LogP contribution in [0.15, 0.2) is 42.5 Å². The fraction of sp³-hybridized carbons (Fsp3) is 0.391. The van der Waals surface area contributed by atoms with E-state index in [1.807, 2.05) is 36.1 Å². The number of hydrogen-bond donors (Lipinski definition) is 1. The molecule has 30 heavy (non-hydrogen) atoms. The van der Waals surface area contributed by atoms with Gasteiger partial charge in [-0.2, -0.15) is 0 Å². The van der Waals surface area contributed by atoms with Gasteiger partial charge in [-0.25, -0.2) is 0 Å². The smallest absolute Gasteiger partial charge is 0.263 e. The number of ether oxygens (including phenoxy) is 2. The molecule has 7 nitrogen and oxygen atoms in total. The summed E-state index contributed by atoms with van der Waals surface area (Å²) in [6, 6.07) is 13.0. The van der Waals surface area contributed by atoms with Gasteiger partial charge in [0.2, 0.25) is 5.91 Å². The molecule has 0 unspecified atom stereocenters. The number of carbonyl (C=O) groups is 2. The minimum absolute atomic E-state index is 0.238. The maximum absolute atomic E-state index is 12.8. The molecule has 0 aromatic heterocycles. The molecule has 0 spiro atoms. The number of benzene rings is 2. The SMILES string of the molecule is CCCC(=O)N1CCN(c2ccc(NC(=O)c3c(OC)cccc3OC)cc2)CC1. The van der Waals surface area contributed by atoms with Crippen molar-refractivity contribution in [1.82, 2.24) is 4.90 Å². The van der Waals surface area contributed by atoms with Crippen LogP contribution in [0.3, 0.4) is 0 Å². The highest BCUT2D eigenvalue weighted by Crippen LogP contribution is 2.29. The van der Waals surface area contributed by atoms with Crippen LogP contribution in [0.2, 0.25) is 0 Å². The average molecular weight is 412 g/mol. The Labute approximate surface area is 177 Å². The van der Waals surface area contributed by atoms with Crippen LogP contribution in [0.5, 0.6) is 11.5 Å². The molecule has 1 heterocycles. The third-order valence-electron chi connectivity index (χ3n) is 5.24. The van der Waals surface area contributed by atoms with Crippen molar-refractivity contribution in [3.63, 3.8) is 0 Å². The van der Waals surface area contributed by atoms with Gasteiger partial charge in [0.05, 0.1) is 14.2 Å². The molecule has 0 radical (unpaired) electrons. The first-order chi connectivity index (χ1) is 14.6. The molecule has 7 heteroatoms. The van der Waals surface area contributed by atoms with Crippen molar-refractivity contribution in [2.75, 3.05) is 50.6 Å². The van der Waals surface area contributed by atoms with E-state index in [4.69, 9.17) is 9.47 Å². The van der Waals surface area contributed by atoms with E-state index in [1.54, 1.807) is 18.2 Å². The molecule has 0 aliphatic carbocycles. The van der Waals surface area contributed by atoms with Gasteiger partial charge >= 0.3 is 0 Å². The predicted octanol–water partition coefficient (Wildman–Crippen LogP) is 3.40. The maximum Gasteiger partial charge on any atom is 0.263 e. The van der Waals surface area contributed by atoms with Crippen LogP contribution >= 0.6 is 0 Å². The summed E-state index contributed by atoms with van der Waals surface area (Å²) in [5.41, 5.74) is 2.12. The highest BCUT2D eigenvalue weighted by molar-refractivity contribution is 6.08. The molecule has 160 valence electrons. The first kappa shape index (κ1) is 21.5. The summed E-state index contributed by atoms with van der Waals surface area (Å²) in [6.07, 6.45) is 1.50. The lowest BCUT2D eigenvalue weighted by Crippen LogP contribution is -2.48. The predicted molar refractivity (Wildman–Crippen MR) is 118 cm³/mol. The zero-order chi connectivity index (χ0) is 21.5. The Hall–Kier alpha value is -3.22. The number of piperazine rings is 1. The van der Waals surface area contributed by atoms with Gasteiger partial charge < -0.3 is 24.6 Å². The van der Waals surface area contributed by atoms with Crippen molar-refractivity contribution in [3.05, 3.63) is 48.0 Å². The topological polar surface area (TPSA) is 71.1 Å². The fourth-order valence-corrected chi connectivity index (χ4v) is 3.61. The van der Waals surface area contributed by atoms with E-state index >= 15 is 0 Å². The maximum atomic E-state index is 12.8. The second kappa shape index (κ2) is 10.0. The zero-order valence-corrected chi connectivity index (χ0v) is 17.8. The van der Waals surface area contributed by atoms with Crippen LogP contribution in [-0.4, -0.2) is 57.1 Å². The molecule has 0 saturated carbocycles. The zero-order valence-electron chi connectivity index (χ0n) is 17.8. The lowest BCUT2D eigenvalue weighted by molar-refractivity contribution is -0.131. The minimum atomic E-state index is -0.292. The highest BCUT2D eigenvalue weighted by atomic mass is 16.5. The molecule has 1 aliphatic heterocycles. The third kappa shape index (κ3) is 4.84. The fourth-order valence-electron chi connectivity index (χ4n) is 3.61. The van der Waals surface area contributed by atoms with Gasteiger partial charge in [-0.3, -0.25) is 9.59 Å². The minimum Gasteiger partial charge on any atom is -0.496 e. The van der Waals surface area contributed by atoms with Crippen molar-refractivity contribution in [1.29, 1.82) is 0 Å². The van der Waals surface area contributed by atoms with Crippen molar-refractivity contribution in [3.8, 4) is 11.5 Å². The normalized spacial score (nSPS) is 13.7. The molecule has 1 fully saturated rings. The molecular weight excluding hydrogens is 382 g/mol. The van der Waals surface area contributed by atoms with Crippen molar-refractivity contribution in [2.24, 2.45) is 0 Å². The molecular formula is C23H29N3O4. The van der Waals surface area contributed by atoms with E-state index in [0.717, 1.165) is 38.3 Å². The Kier molecular flexibility index (Phi) is 7.17. The summed E-state index contributed by atoms with van der Waals surface area (Å²) < 4.78 is 10.6. The Morgan fingerprint density at radius 3 is 2.07 bits per heavy atom. The van der Waals surface area contributed by atoms with E-state index < -0.39 is 0 Å². The van der Waals surface area contributed by atoms with Gasteiger partial charge in [0.25, 0.3) is 5.91 Å². The lowest BCUT2D eigenvalue weighted by Gasteiger charge is -2.36. The molecule has 2 amide bonds. The van der Waals surface area contributed by atoms with E-state index in [9.17, 15) is 9.59 Å². The van der Waals surface area contributed by atoms with E-state index in [1.165, 1.54) is 14.2 Å². The molecule has 1 saturated heterocycles. The Bertz CT molecular complexity index is 852. The van der Waals surface area contributed by atoms with Gasteiger partial charge in [-0.15, -0.1) is 0 Å². The average Bonchev–Trinajstić information content (AvgIpc) is 2.79. The number of nitrogens with zero attached hydrogens (tertiary/aromatic N) is 2.